The van der Waals surface area contributed by atoms with Crippen LogP contribution < -0.4 is 16.0 Å². The highest BCUT2D eigenvalue weighted by atomic mass is 127. The zero-order chi connectivity index (χ0) is 29.0. The van der Waals surface area contributed by atoms with Crippen LogP contribution in [-0.2, 0) is 9.59 Å². The Kier molecular flexibility index (Phi) is 12.0. The maximum Gasteiger partial charge on any atom is 0.244 e. The molecule has 1 saturated heterocycles. The lowest BCUT2D eigenvalue weighted by Crippen LogP contribution is -2.50. The summed E-state index contributed by atoms with van der Waals surface area (Å²) < 4.78 is 1.16. The molecular formula is C34H41IN4O2. The van der Waals surface area contributed by atoms with Gasteiger partial charge in [0.25, 0.3) is 0 Å². The molecule has 0 aromatic heterocycles. The number of benzene rings is 3. The molecule has 0 spiro atoms. The monoisotopic (exact) mass is 664 g/mol. The van der Waals surface area contributed by atoms with Crippen molar-refractivity contribution in [3.8, 4) is 0 Å². The molecule has 0 bridgehead atoms. The summed E-state index contributed by atoms with van der Waals surface area (Å²) in [4.78, 5) is 28.6. The van der Waals surface area contributed by atoms with Gasteiger partial charge in [0.15, 0.2) is 0 Å². The third-order valence-electron chi connectivity index (χ3n) is 7.41. The van der Waals surface area contributed by atoms with Crippen molar-refractivity contribution in [1.29, 1.82) is 0 Å². The van der Waals surface area contributed by atoms with Gasteiger partial charge in [-0.1, -0.05) is 86.6 Å². The van der Waals surface area contributed by atoms with Crippen molar-refractivity contribution >= 4 is 40.5 Å². The van der Waals surface area contributed by atoms with E-state index >= 15 is 0 Å². The van der Waals surface area contributed by atoms with Gasteiger partial charge in [0.2, 0.25) is 11.8 Å². The van der Waals surface area contributed by atoms with E-state index < -0.39 is 0 Å². The Morgan fingerprint density at radius 2 is 1.63 bits per heavy atom. The van der Waals surface area contributed by atoms with Gasteiger partial charge in [0, 0.05) is 47.3 Å². The predicted octanol–water partition coefficient (Wildman–Crippen LogP) is 5.20. The minimum atomic E-state index is -0.319. The number of amides is 2. The molecule has 0 unspecified atom stereocenters. The molecule has 216 valence electrons. The van der Waals surface area contributed by atoms with Gasteiger partial charge in [-0.15, -0.1) is 0 Å². The van der Waals surface area contributed by atoms with E-state index in [1.165, 1.54) is 11.1 Å². The number of hydrogen-bond donors (Lipinski definition) is 3. The average Bonchev–Trinajstić information content (AvgIpc) is 3.13. The first-order valence-corrected chi connectivity index (χ1v) is 15.6. The lowest BCUT2D eigenvalue weighted by molar-refractivity contribution is -0.133. The van der Waals surface area contributed by atoms with Gasteiger partial charge in [0.05, 0.1) is 6.04 Å². The Bertz CT molecular complexity index is 1230. The fourth-order valence-corrected chi connectivity index (χ4v) is 5.53. The molecular weight excluding hydrogens is 623 g/mol. The highest BCUT2D eigenvalue weighted by Gasteiger charge is 2.32. The summed E-state index contributed by atoms with van der Waals surface area (Å²) >= 11 is 2.27. The van der Waals surface area contributed by atoms with E-state index in [2.05, 4.69) is 101 Å². The number of halogens is 1. The Labute approximate surface area is 258 Å². The highest BCUT2D eigenvalue weighted by molar-refractivity contribution is 14.1. The second-order valence-corrected chi connectivity index (χ2v) is 12.1. The van der Waals surface area contributed by atoms with Gasteiger partial charge >= 0.3 is 0 Å². The second kappa shape index (κ2) is 15.8. The fraction of sp³-hybridized carbons (Fsp3) is 0.353. The van der Waals surface area contributed by atoms with Gasteiger partial charge in [-0.25, -0.2) is 0 Å². The minimum absolute atomic E-state index is 0.00412. The molecule has 41 heavy (non-hydrogen) atoms. The van der Waals surface area contributed by atoms with Crippen LogP contribution in [0.1, 0.15) is 49.3 Å². The quantitative estimate of drug-likeness (QED) is 0.184. The SMILES string of the molecule is CC(C)NCC[C@@H]1N[C@H](CNC(=O)/C=C/c2ccc(I)cc2)CCN(CC(c2ccccc2)c2ccccc2)C1=O. The molecule has 0 saturated carbocycles. The summed E-state index contributed by atoms with van der Waals surface area (Å²) in [6.07, 6.45) is 4.85. The van der Waals surface area contributed by atoms with E-state index in [4.69, 9.17) is 0 Å². The Balaban J connectivity index is 1.45. The van der Waals surface area contributed by atoms with Crippen LogP contribution in [0.5, 0.6) is 0 Å². The highest BCUT2D eigenvalue weighted by Crippen LogP contribution is 2.27. The Morgan fingerprint density at radius 3 is 2.24 bits per heavy atom. The van der Waals surface area contributed by atoms with Gasteiger partial charge < -0.3 is 20.9 Å². The molecule has 1 aliphatic rings. The molecule has 4 rings (SSSR count). The lowest BCUT2D eigenvalue weighted by Gasteiger charge is -2.29. The van der Waals surface area contributed by atoms with Crippen molar-refractivity contribution in [2.45, 2.75) is 50.7 Å². The zero-order valence-electron chi connectivity index (χ0n) is 23.9. The van der Waals surface area contributed by atoms with Crippen LogP contribution in [-0.4, -0.2) is 61.0 Å². The number of rotatable bonds is 12. The predicted molar refractivity (Wildman–Crippen MR) is 176 cm³/mol. The number of carbonyl (C=O) groups excluding carboxylic acids is 2. The van der Waals surface area contributed by atoms with E-state index in [-0.39, 0.29) is 29.8 Å². The third kappa shape index (κ3) is 9.80. The summed E-state index contributed by atoms with van der Waals surface area (Å²) in [5.41, 5.74) is 3.38. The largest absolute Gasteiger partial charge is 0.351 e. The average molecular weight is 665 g/mol. The lowest BCUT2D eigenvalue weighted by atomic mass is 9.90. The van der Waals surface area contributed by atoms with E-state index in [1.54, 1.807) is 6.08 Å². The fourth-order valence-electron chi connectivity index (χ4n) is 5.17. The molecule has 6 nitrogen and oxygen atoms in total. The van der Waals surface area contributed by atoms with Gasteiger partial charge in [-0.05, 0) is 76.9 Å². The first-order chi connectivity index (χ1) is 19.9. The van der Waals surface area contributed by atoms with Crippen LogP contribution in [0.2, 0.25) is 0 Å². The molecule has 2 amide bonds. The van der Waals surface area contributed by atoms with Gasteiger partial charge in [0.1, 0.15) is 0 Å². The van der Waals surface area contributed by atoms with E-state index in [0.717, 1.165) is 22.1 Å². The van der Waals surface area contributed by atoms with Crippen LogP contribution in [0.25, 0.3) is 6.08 Å². The Morgan fingerprint density at radius 1 is 1.00 bits per heavy atom. The van der Waals surface area contributed by atoms with Crippen LogP contribution >= 0.6 is 22.6 Å². The molecule has 3 aromatic carbocycles. The van der Waals surface area contributed by atoms with Crippen LogP contribution in [0.15, 0.2) is 91.0 Å². The standard InChI is InChI=1S/C34H41IN4O2/c1-25(2)36-21-19-32-34(41)39(24-31(27-9-5-3-6-10-27)28-11-7-4-8-12-28)22-20-30(38-32)23-37-33(40)18-15-26-13-16-29(35)17-14-26/h3-18,25,30-32,36,38H,19-24H2,1-2H3,(H,37,40)/b18-15+/t30-,32-/m0/s1. The first-order valence-electron chi connectivity index (χ1n) is 14.5. The molecule has 0 aliphatic carbocycles. The summed E-state index contributed by atoms with van der Waals surface area (Å²) in [6.45, 7) is 6.68. The number of hydrogen-bond acceptors (Lipinski definition) is 4. The summed E-state index contributed by atoms with van der Waals surface area (Å²) in [5.74, 6) is 0.0716. The number of carbonyl (C=O) groups is 2. The molecule has 1 heterocycles. The molecule has 3 aromatic rings. The van der Waals surface area contributed by atoms with E-state index in [9.17, 15) is 9.59 Å². The molecule has 2 atom stereocenters. The maximum absolute atomic E-state index is 13.9. The summed E-state index contributed by atoms with van der Waals surface area (Å²) in [5, 5.41) is 10.1. The smallest absolute Gasteiger partial charge is 0.244 e. The zero-order valence-corrected chi connectivity index (χ0v) is 26.1. The van der Waals surface area contributed by atoms with Crippen molar-refractivity contribution < 1.29 is 9.59 Å². The molecule has 1 fully saturated rings. The van der Waals surface area contributed by atoms with Crippen LogP contribution in [0.4, 0.5) is 0 Å². The normalized spacial score (nSPS) is 17.8. The van der Waals surface area contributed by atoms with Crippen molar-refractivity contribution in [2.75, 3.05) is 26.2 Å². The molecule has 3 N–H and O–H groups in total. The van der Waals surface area contributed by atoms with Crippen LogP contribution in [0, 0.1) is 3.57 Å². The molecule has 0 radical (unpaired) electrons. The molecule has 1 aliphatic heterocycles. The van der Waals surface area contributed by atoms with Crippen molar-refractivity contribution in [1.82, 2.24) is 20.9 Å². The van der Waals surface area contributed by atoms with E-state index in [0.29, 0.717) is 32.1 Å². The number of nitrogens with one attached hydrogen (secondary N) is 3. The minimum Gasteiger partial charge on any atom is -0.351 e. The number of nitrogens with zero attached hydrogens (tertiary/aromatic N) is 1. The van der Waals surface area contributed by atoms with Crippen molar-refractivity contribution in [2.24, 2.45) is 0 Å². The third-order valence-corrected chi connectivity index (χ3v) is 8.13. The van der Waals surface area contributed by atoms with Gasteiger partial charge in [-0.3, -0.25) is 9.59 Å². The van der Waals surface area contributed by atoms with Crippen molar-refractivity contribution in [3.63, 3.8) is 0 Å². The maximum atomic E-state index is 13.9. The summed E-state index contributed by atoms with van der Waals surface area (Å²) in [6, 6.07) is 28.9. The molecule has 7 heteroatoms. The van der Waals surface area contributed by atoms with Gasteiger partial charge in [-0.2, -0.15) is 0 Å². The van der Waals surface area contributed by atoms with Crippen molar-refractivity contribution in [3.05, 3.63) is 111 Å². The topological polar surface area (TPSA) is 73.5 Å². The Hall–Kier alpha value is -3.01. The summed E-state index contributed by atoms with van der Waals surface area (Å²) in [7, 11) is 0. The second-order valence-electron chi connectivity index (χ2n) is 10.9. The van der Waals surface area contributed by atoms with E-state index in [1.807, 2.05) is 47.4 Å². The van der Waals surface area contributed by atoms with Crippen LogP contribution in [0.3, 0.4) is 0 Å². The first kappa shape index (κ1) is 30.9.